The Morgan fingerprint density at radius 1 is 1.05 bits per heavy atom. The lowest BCUT2D eigenvalue weighted by Gasteiger charge is -2.26. The SMILES string of the molecule is CCOc1cc(C2/C(=C(/O)c3cccc(OCC(C)C)c3)C(=O)C(=O)N2c2ccc(C#N)cc2)ccc1O. The molecule has 194 valence electrons. The van der Waals surface area contributed by atoms with Crippen LogP contribution in [0.4, 0.5) is 5.69 Å². The van der Waals surface area contributed by atoms with Crippen molar-refractivity contribution in [3.8, 4) is 23.3 Å². The minimum atomic E-state index is -1.03. The van der Waals surface area contributed by atoms with E-state index < -0.39 is 17.7 Å². The van der Waals surface area contributed by atoms with E-state index in [1.165, 1.54) is 11.0 Å². The van der Waals surface area contributed by atoms with Crippen LogP contribution in [0.1, 0.15) is 43.5 Å². The molecular weight excluding hydrogens is 484 g/mol. The summed E-state index contributed by atoms with van der Waals surface area (Å²) in [5, 5.41) is 30.8. The number of Topliss-reactive ketones (excluding diaryl/α,β-unsaturated/α-hetero) is 1. The lowest BCUT2D eigenvalue weighted by atomic mass is 9.94. The van der Waals surface area contributed by atoms with Crippen LogP contribution >= 0.6 is 0 Å². The van der Waals surface area contributed by atoms with Crippen LogP contribution < -0.4 is 14.4 Å². The number of anilines is 1. The maximum atomic E-state index is 13.4. The number of hydrogen-bond acceptors (Lipinski definition) is 7. The fourth-order valence-corrected chi connectivity index (χ4v) is 4.23. The number of nitrogens with zero attached hydrogens (tertiary/aromatic N) is 2. The smallest absolute Gasteiger partial charge is 0.300 e. The van der Waals surface area contributed by atoms with Crippen molar-refractivity contribution in [3.05, 3.63) is 89.0 Å². The molecule has 1 atom stereocenters. The Kier molecular flexibility index (Phi) is 7.68. The molecule has 0 saturated carbocycles. The average molecular weight is 513 g/mol. The van der Waals surface area contributed by atoms with Gasteiger partial charge < -0.3 is 19.7 Å². The minimum Gasteiger partial charge on any atom is -0.507 e. The molecular formula is C30H28N2O6. The fourth-order valence-electron chi connectivity index (χ4n) is 4.23. The molecule has 0 aliphatic carbocycles. The van der Waals surface area contributed by atoms with Gasteiger partial charge >= 0.3 is 0 Å². The van der Waals surface area contributed by atoms with Crippen molar-refractivity contribution in [3.63, 3.8) is 0 Å². The molecule has 0 bridgehead atoms. The average Bonchev–Trinajstić information content (AvgIpc) is 3.18. The summed E-state index contributed by atoms with van der Waals surface area (Å²) < 4.78 is 11.3. The first-order chi connectivity index (χ1) is 18.2. The van der Waals surface area contributed by atoms with Gasteiger partial charge in [-0.3, -0.25) is 14.5 Å². The molecule has 0 radical (unpaired) electrons. The number of benzene rings is 3. The van der Waals surface area contributed by atoms with Crippen molar-refractivity contribution in [2.75, 3.05) is 18.1 Å². The van der Waals surface area contributed by atoms with Gasteiger partial charge in [0, 0.05) is 11.3 Å². The Labute approximate surface area is 221 Å². The number of nitriles is 1. The van der Waals surface area contributed by atoms with Gasteiger partial charge in [-0.15, -0.1) is 0 Å². The molecule has 1 heterocycles. The van der Waals surface area contributed by atoms with Crippen LogP contribution in [0.3, 0.4) is 0 Å². The van der Waals surface area contributed by atoms with E-state index in [1.54, 1.807) is 67.6 Å². The first-order valence-corrected chi connectivity index (χ1v) is 12.2. The summed E-state index contributed by atoms with van der Waals surface area (Å²) in [5.74, 6) is -1.16. The fraction of sp³-hybridized carbons (Fsp3) is 0.233. The van der Waals surface area contributed by atoms with Crippen molar-refractivity contribution in [1.82, 2.24) is 0 Å². The van der Waals surface area contributed by atoms with Crippen molar-refractivity contribution in [2.24, 2.45) is 5.92 Å². The number of aromatic hydroxyl groups is 1. The van der Waals surface area contributed by atoms with E-state index in [4.69, 9.17) is 9.47 Å². The third-order valence-electron chi connectivity index (χ3n) is 6.01. The molecule has 0 spiro atoms. The van der Waals surface area contributed by atoms with Crippen LogP contribution in [-0.2, 0) is 9.59 Å². The zero-order valence-corrected chi connectivity index (χ0v) is 21.3. The maximum absolute atomic E-state index is 13.4. The Bertz CT molecular complexity index is 1440. The highest BCUT2D eigenvalue weighted by molar-refractivity contribution is 6.51. The van der Waals surface area contributed by atoms with Crippen molar-refractivity contribution in [2.45, 2.75) is 26.8 Å². The van der Waals surface area contributed by atoms with Crippen molar-refractivity contribution < 1.29 is 29.3 Å². The third-order valence-corrected chi connectivity index (χ3v) is 6.01. The second kappa shape index (κ2) is 11.1. The second-order valence-electron chi connectivity index (χ2n) is 9.22. The molecule has 8 heteroatoms. The van der Waals surface area contributed by atoms with Gasteiger partial charge in [0.05, 0.1) is 36.5 Å². The second-order valence-corrected chi connectivity index (χ2v) is 9.22. The number of aliphatic hydroxyl groups excluding tert-OH is 1. The van der Waals surface area contributed by atoms with E-state index in [1.807, 2.05) is 19.9 Å². The Hall–Kier alpha value is -4.77. The van der Waals surface area contributed by atoms with E-state index in [-0.39, 0.29) is 29.4 Å². The number of hydrogen-bond donors (Lipinski definition) is 2. The van der Waals surface area contributed by atoms with Gasteiger partial charge in [0.25, 0.3) is 11.7 Å². The minimum absolute atomic E-state index is 0.0964. The molecule has 1 aliphatic rings. The first kappa shape index (κ1) is 26.3. The van der Waals surface area contributed by atoms with E-state index in [9.17, 15) is 25.1 Å². The molecule has 0 aromatic heterocycles. The van der Waals surface area contributed by atoms with E-state index in [0.717, 1.165) is 0 Å². The van der Waals surface area contributed by atoms with Gasteiger partial charge in [-0.2, -0.15) is 5.26 Å². The number of rotatable bonds is 8. The highest BCUT2D eigenvalue weighted by Gasteiger charge is 2.47. The van der Waals surface area contributed by atoms with Gasteiger partial charge in [-0.05, 0) is 66.9 Å². The van der Waals surface area contributed by atoms with Gasteiger partial charge in [0.15, 0.2) is 11.5 Å². The topological polar surface area (TPSA) is 120 Å². The van der Waals surface area contributed by atoms with Gasteiger partial charge in [0.1, 0.15) is 11.5 Å². The molecule has 8 nitrogen and oxygen atoms in total. The molecule has 1 amide bonds. The van der Waals surface area contributed by atoms with Crippen LogP contribution in [0.25, 0.3) is 5.76 Å². The lowest BCUT2D eigenvalue weighted by molar-refractivity contribution is -0.132. The number of phenolic OH excluding ortho intramolecular Hbond substituents is 1. The number of ether oxygens (including phenoxy) is 2. The molecule has 3 aromatic carbocycles. The molecule has 1 aliphatic heterocycles. The Balaban J connectivity index is 1.89. The normalized spacial score (nSPS) is 16.5. The quantitative estimate of drug-likeness (QED) is 0.238. The highest BCUT2D eigenvalue weighted by Crippen LogP contribution is 2.44. The molecule has 1 saturated heterocycles. The van der Waals surface area contributed by atoms with Crippen LogP contribution in [0.15, 0.2) is 72.3 Å². The van der Waals surface area contributed by atoms with Crippen LogP contribution in [0, 0.1) is 17.2 Å². The number of amides is 1. The largest absolute Gasteiger partial charge is 0.507 e. The predicted octanol–water partition coefficient (Wildman–Crippen LogP) is 5.32. The zero-order valence-electron chi connectivity index (χ0n) is 21.3. The van der Waals surface area contributed by atoms with E-state index in [0.29, 0.717) is 40.7 Å². The van der Waals surface area contributed by atoms with E-state index >= 15 is 0 Å². The van der Waals surface area contributed by atoms with Crippen molar-refractivity contribution in [1.29, 1.82) is 5.26 Å². The number of ketones is 1. The molecule has 4 rings (SSSR count). The van der Waals surface area contributed by atoms with Gasteiger partial charge in [-0.1, -0.05) is 32.0 Å². The maximum Gasteiger partial charge on any atom is 0.300 e. The van der Waals surface area contributed by atoms with Crippen LogP contribution in [-0.4, -0.2) is 35.1 Å². The van der Waals surface area contributed by atoms with Crippen LogP contribution in [0.5, 0.6) is 17.2 Å². The van der Waals surface area contributed by atoms with Gasteiger partial charge in [0.2, 0.25) is 0 Å². The summed E-state index contributed by atoms with van der Waals surface area (Å²) >= 11 is 0. The molecule has 38 heavy (non-hydrogen) atoms. The monoisotopic (exact) mass is 512 g/mol. The summed E-state index contributed by atoms with van der Waals surface area (Å²) in [6.07, 6.45) is 0. The zero-order chi connectivity index (χ0) is 27.4. The summed E-state index contributed by atoms with van der Waals surface area (Å²) in [6, 6.07) is 18.5. The Morgan fingerprint density at radius 2 is 1.79 bits per heavy atom. The molecule has 1 fully saturated rings. The third kappa shape index (κ3) is 5.18. The van der Waals surface area contributed by atoms with Gasteiger partial charge in [-0.25, -0.2) is 0 Å². The number of carbonyl (C=O) groups excluding carboxylic acids is 2. The van der Waals surface area contributed by atoms with E-state index in [2.05, 4.69) is 0 Å². The number of phenols is 1. The Morgan fingerprint density at radius 3 is 2.45 bits per heavy atom. The predicted molar refractivity (Wildman–Crippen MR) is 142 cm³/mol. The first-order valence-electron chi connectivity index (χ1n) is 12.2. The summed E-state index contributed by atoms with van der Waals surface area (Å²) in [4.78, 5) is 28.1. The number of carbonyl (C=O) groups is 2. The summed E-state index contributed by atoms with van der Waals surface area (Å²) in [5.41, 5.74) is 1.41. The lowest BCUT2D eigenvalue weighted by Crippen LogP contribution is -2.29. The summed E-state index contributed by atoms with van der Waals surface area (Å²) in [6.45, 7) is 6.56. The summed E-state index contributed by atoms with van der Waals surface area (Å²) in [7, 11) is 0. The number of aliphatic hydroxyl groups is 1. The standard InChI is InChI=1S/C30H28N2O6/c1-4-37-25-15-20(10-13-24(25)33)27-26(28(34)21-6-5-7-23(14-21)38-17-18(2)3)29(35)30(36)32(27)22-11-8-19(16-31)9-12-22/h5-15,18,27,33-34H,4,17H2,1-3H3/b28-26-. The van der Waals surface area contributed by atoms with Crippen molar-refractivity contribution >= 4 is 23.1 Å². The van der Waals surface area contributed by atoms with Crippen LogP contribution in [0.2, 0.25) is 0 Å². The molecule has 1 unspecified atom stereocenters. The highest BCUT2D eigenvalue weighted by atomic mass is 16.5. The molecule has 3 aromatic rings. The molecule has 2 N–H and O–H groups in total.